The van der Waals surface area contributed by atoms with Gasteiger partial charge in [-0.05, 0) is 143 Å². The van der Waals surface area contributed by atoms with Crippen molar-refractivity contribution in [2.75, 3.05) is 0 Å². The maximum atomic E-state index is 12.8. The van der Waals surface area contributed by atoms with Crippen molar-refractivity contribution >= 4 is 61.3 Å². The topological polar surface area (TPSA) is 104 Å². The van der Waals surface area contributed by atoms with Crippen LogP contribution in [0.15, 0.2) is 35.2 Å². The number of esters is 1. The number of benzene rings is 2. The van der Waals surface area contributed by atoms with Crippen LogP contribution < -0.4 is 4.74 Å². The molecule has 4 bridgehead atoms. The Morgan fingerprint density at radius 2 is 1.62 bits per heavy atom. The van der Waals surface area contributed by atoms with E-state index in [0.29, 0.717) is 32.8 Å². The number of aromatic hydroxyl groups is 1. The molecule has 0 atom stereocenters. The summed E-state index contributed by atoms with van der Waals surface area (Å²) in [5.41, 5.74) is 0.526. The van der Waals surface area contributed by atoms with Gasteiger partial charge >= 0.3 is 5.97 Å². The molecule has 170 valence electrons. The number of ether oxygens (including phenoxy) is 1. The van der Waals surface area contributed by atoms with Crippen LogP contribution >= 0.6 is 45.2 Å². The van der Waals surface area contributed by atoms with Gasteiger partial charge in [0.15, 0.2) is 0 Å². The maximum absolute atomic E-state index is 12.8. The molecule has 1 N–H and O–H groups in total. The molecule has 0 amide bonds. The Morgan fingerprint density at radius 3 is 2.22 bits per heavy atom. The quantitative estimate of drug-likeness (QED) is 0.205. The van der Waals surface area contributed by atoms with Gasteiger partial charge in [-0.3, -0.25) is 0 Å². The summed E-state index contributed by atoms with van der Waals surface area (Å²) in [5, 5.41) is 10.3. The van der Waals surface area contributed by atoms with Crippen molar-refractivity contribution < 1.29 is 27.6 Å². The van der Waals surface area contributed by atoms with Crippen LogP contribution in [0.3, 0.4) is 0 Å². The fourth-order valence-corrected chi connectivity index (χ4v) is 8.96. The van der Waals surface area contributed by atoms with Gasteiger partial charge in [-0.25, -0.2) is 13.2 Å². The van der Waals surface area contributed by atoms with Crippen molar-refractivity contribution in [3.63, 3.8) is 0 Å². The van der Waals surface area contributed by atoms with E-state index in [4.69, 9.17) is 4.74 Å². The molecule has 4 aliphatic rings. The molecule has 0 radical (unpaired) electrons. The highest BCUT2D eigenvalue weighted by molar-refractivity contribution is 14.1. The van der Waals surface area contributed by atoms with Gasteiger partial charge in [-0.2, -0.15) is 0 Å². The lowest BCUT2D eigenvalue weighted by Crippen LogP contribution is -2.44. The van der Waals surface area contributed by atoms with Gasteiger partial charge in [0.05, 0.1) is 8.47 Å². The molecule has 0 unspecified atom stereocenters. The van der Waals surface area contributed by atoms with Crippen LogP contribution in [-0.4, -0.2) is 24.0 Å². The van der Waals surface area contributed by atoms with Crippen molar-refractivity contribution in [1.82, 2.24) is 0 Å². The summed E-state index contributed by atoms with van der Waals surface area (Å²) < 4.78 is 43.0. The maximum Gasteiger partial charge on any atom is 0.347 e. The van der Waals surface area contributed by atoms with E-state index in [0.717, 1.165) is 29.3 Å². The standard InChI is InChI=1S/C23H22I2O6S/c24-15-8-18(22(26)19(25)9-15)23(27)31-16-1-2-20(32(28,29)30)17(10-16)21-13-4-11-3-12(6-13)7-14(21)5-11/h1-2,8-14,21,26H,3-7H2,(H,28,29,30)/p-1. The Hall–Kier alpha value is -0.920. The Balaban J connectivity index is 1.51. The van der Waals surface area contributed by atoms with E-state index in [1.165, 1.54) is 24.6 Å². The molecule has 0 aromatic heterocycles. The summed E-state index contributed by atoms with van der Waals surface area (Å²) in [6.45, 7) is 0. The highest BCUT2D eigenvalue weighted by atomic mass is 127. The van der Waals surface area contributed by atoms with Gasteiger partial charge < -0.3 is 14.4 Å². The molecule has 2 aromatic rings. The summed E-state index contributed by atoms with van der Waals surface area (Å²) in [6.07, 6.45) is 5.52. The zero-order valence-corrected chi connectivity index (χ0v) is 22.1. The van der Waals surface area contributed by atoms with E-state index in [1.54, 1.807) is 12.1 Å². The Kier molecular flexibility index (Phi) is 5.99. The molecule has 32 heavy (non-hydrogen) atoms. The zero-order valence-electron chi connectivity index (χ0n) is 17.0. The third kappa shape index (κ3) is 4.18. The van der Waals surface area contributed by atoms with Crippen LogP contribution in [-0.2, 0) is 10.1 Å². The molecule has 0 heterocycles. The van der Waals surface area contributed by atoms with E-state index in [2.05, 4.69) is 22.6 Å². The molecule has 6 nitrogen and oxygen atoms in total. The second-order valence-electron chi connectivity index (χ2n) is 9.28. The number of carbonyl (C=O) groups is 1. The summed E-state index contributed by atoms with van der Waals surface area (Å²) >= 11 is 4.00. The van der Waals surface area contributed by atoms with Crippen LogP contribution in [0.5, 0.6) is 11.5 Å². The van der Waals surface area contributed by atoms with Crippen molar-refractivity contribution in [2.45, 2.75) is 42.9 Å². The molecular formula is C23H21I2O6S-. The Morgan fingerprint density at radius 1 is 1.00 bits per heavy atom. The van der Waals surface area contributed by atoms with Crippen LogP contribution in [0.1, 0.15) is 53.9 Å². The third-order valence-electron chi connectivity index (χ3n) is 7.30. The third-order valence-corrected chi connectivity index (χ3v) is 9.65. The Labute approximate surface area is 214 Å². The van der Waals surface area contributed by atoms with E-state index in [-0.39, 0.29) is 27.9 Å². The van der Waals surface area contributed by atoms with E-state index < -0.39 is 16.1 Å². The second-order valence-corrected chi connectivity index (χ2v) is 13.0. The fraction of sp³-hybridized carbons (Fsp3) is 0.435. The van der Waals surface area contributed by atoms with E-state index >= 15 is 0 Å². The van der Waals surface area contributed by atoms with Crippen molar-refractivity contribution in [3.8, 4) is 11.5 Å². The van der Waals surface area contributed by atoms with E-state index in [9.17, 15) is 22.9 Å². The molecule has 4 saturated carbocycles. The molecule has 9 heteroatoms. The summed E-state index contributed by atoms with van der Waals surface area (Å²) in [4.78, 5) is 12.6. The van der Waals surface area contributed by atoms with Crippen LogP contribution in [0.2, 0.25) is 0 Å². The SMILES string of the molecule is O=C(Oc1ccc(S(=O)(=O)[O-])c(C2C3CC4CC(C3)CC2C4)c1)c1cc(I)cc(I)c1O. The van der Waals surface area contributed by atoms with Crippen LogP contribution in [0.25, 0.3) is 0 Å². The van der Waals surface area contributed by atoms with Gasteiger partial charge in [0.2, 0.25) is 0 Å². The van der Waals surface area contributed by atoms with Gasteiger partial charge in [-0.1, -0.05) is 0 Å². The number of phenolic OH excluding ortho intramolecular Hbond substituents is 1. The molecule has 0 spiro atoms. The first-order chi connectivity index (χ1) is 15.1. The molecule has 0 saturated heterocycles. The lowest BCUT2D eigenvalue weighted by Gasteiger charge is -2.55. The van der Waals surface area contributed by atoms with Gasteiger partial charge in [0.25, 0.3) is 0 Å². The fourth-order valence-electron chi connectivity index (χ4n) is 6.39. The van der Waals surface area contributed by atoms with Crippen molar-refractivity contribution in [3.05, 3.63) is 48.6 Å². The number of phenols is 1. The highest BCUT2D eigenvalue weighted by Gasteiger charge is 2.49. The molecule has 4 fully saturated rings. The average Bonchev–Trinajstić information content (AvgIpc) is 2.69. The average molecular weight is 679 g/mol. The summed E-state index contributed by atoms with van der Waals surface area (Å²) in [5.74, 6) is 1.41. The highest BCUT2D eigenvalue weighted by Crippen LogP contribution is 2.60. The first kappa shape index (κ1) is 22.9. The van der Waals surface area contributed by atoms with Crippen molar-refractivity contribution in [2.24, 2.45) is 23.7 Å². The monoisotopic (exact) mass is 679 g/mol. The number of hydrogen-bond acceptors (Lipinski definition) is 6. The Bertz CT molecular complexity index is 1180. The van der Waals surface area contributed by atoms with Crippen LogP contribution in [0.4, 0.5) is 0 Å². The lowest BCUT2D eigenvalue weighted by molar-refractivity contribution is -0.00374. The minimum Gasteiger partial charge on any atom is -0.744 e. The van der Waals surface area contributed by atoms with Gasteiger partial charge in [0, 0.05) is 3.57 Å². The molecule has 2 aromatic carbocycles. The number of rotatable bonds is 4. The second kappa shape index (κ2) is 8.38. The smallest absolute Gasteiger partial charge is 0.347 e. The predicted octanol–water partition coefficient (Wildman–Crippen LogP) is 5.26. The minimum absolute atomic E-state index is 0.00722. The number of hydrogen-bond donors (Lipinski definition) is 1. The zero-order chi connectivity index (χ0) is 22.8. The summed E-state index contributed by atoms with van der Waals surface area (Å²) in [7, 11) is -4.66. The first-order valence-electron chi connectivity index (χ1n) is 10.6. The van der Waals surface area contributed by atoms with Crippen molar-refractivity contribution in [1.29, 1.82) is 0 Å². The number of halogens is 2. The van der Waals surface area contributed by atoms with Gasteiger partial charge in [-0.15, -0.1) is 0 Å². The van der Waals surface area contributed by atoms with Crippen LogP contribution in [0, 0.1) is 30.8 Å². The largest absolute Gasteiger partial charge is 0.744 e. The molecule has 0 aliphatic heterocycles. The van der Waals surface area contributed by atoms with Gasteiger partial charge in [0.1, 0.15) is 27.2 Å². The lowest BCUT2D eigenvalue weighted by atomic mass is 9.51. The normalized spacial score (nSPS) is 28.7. The minimum atomic E-state index is -4.66. The number of carbonyl (C=O) groups excluding carboxylic acids is 1. The molecule has 6 rings (SSSR count). The molecular weight excluding hydrogens is 658 g/mol. The molecule has 4 aliphatic carbocycles. The first-order valence-corrected chi connectivity index (χ1v) is 14.2. The predicted molar refractivity (Wildman–Crippen MR) is 133 cm³/mol. The summed E-state index contributed by atoms with van der Waals surface area (Å²) in [6, 6.07) is 7.45. The van der Waals surface area contributed by atoms with E-state index in [1.807, 2.05) is 22.6 Å².